The number of morpholine rings is 1. The van der Waals surface area contributed by atoms with Crippen LogP contribution in [0, 0.1) is 24.6 Å². The second-order valence-electron chi connectivity index (χ2n) is 12.6. The van der Waals surface area contributed by atoms with Crippen molar-refractivity contribution in [2.24, 2.45) is 11.8 Å². The van der Waals surface area contributed by atoms with Gasteiger partial charge in [0.15, 0.2) is 0 Å². The lowest BCUT2D eigenvalue weighted by Gasteiger charge is -2.39. The number of hydrogen-bond acceptors (Lipinski definition) is 5. The molecule has 1 saturated heterocycles. The molecule has 42 heavy (non-hydrogen) atoms. The van der Waals surface area contributed by atoms with Crippen LogP contribution < -0.4 is 4.74 Å². The molecule has 6 rings (SSSR count). The summed E-state index contributed by atoms with van der Waals surface area (Å²) in [7, 11) is 0. The SMILES string of the molecule is Cc1cc(-c2ccc(C3CCc4ccc([C@H](C5CC5)[C@H](C)C(=O)O)cc4O3)cc2CN2[C@H](C)COC[C@H]2C)c(F)cn1. The quantitative estimate of drug-likeness (QED) is 0.311. The predicted molar refractivity (Wildman–Crippen MR) is 160 cm³/mol. The molecule has 1 N–H and O–H groups in total. The number of pyridine rings is 1. The molecule has 3 aromatic rings. The van der Waals surface area contributed by atoms with Crippen molar-refractivity contribution >= 4 is 5.97 Å². The number of nitrogens with zero attached hydrogens (tertiary/aromatic N) is 2. The number of carboxylic acid groups (broad SMARTS) is 1. The highest BCUT2D eigenvalue weighted by Crippen LogP contribution is 2.48. The first kappa shape index (κ1) is 28.8. The minimum absolute atomic E-state index is 0.00104. The zero-order chi connectivity index (χ0) is 29.5. The van der Waals surface area contributed by atoms with Crippen LogP contribution >= 0.6 is 0 Å². The topological polar surface area (TPSA) is 71.9 Å². The molecule has 1 unspecified atom stereocenters. The van der Waals surface area contributed by atoms with Gasteiger partial charge in [-0.15, -0.1) is 0 Å². The molecule has 0 amide bonds. The maximum Gasteiger partial charge on any atom is 0.306 e. The smallest absolute Gasteiger partial charge is 0.306 e. The molecular weight excluding hydrogens is 531 g/mol. The second kappa shape index (κ2) is 11.8. The predicted octanol–water partition coefficient (Wildman–Crippen LogP) is 7.09. The molecule has 5 atom stereocenters. The molecular formula is C35H41FN2O4. The van der Waals surface area contributed by atoms with E-state index in [1.165, 1.54) is 6.20 Å². The normalized spacial score (nSPS) is 24.0. The summed E-state index contributed by atoms with van der Waals surface area (Å²) in [6.07, 6.45) is 5.05. The highest BCUT2D eigenvalue weighted by Gasteiger charge is 2.39. The fourth-order valence-corrected chi connectivity index (χ4v) is 6.91. The van der Waals surface area contributed by atoms with Gasteiger partial charge in [0.2, 0.25) is 0 Å². The summed E-state index contributed by atoms with van der Waals surface area (Å²) in [6.45, 7) is 10.1. The minimum Gasteiger partial charge on any atom is -0.485 e. The van der Waals surface area contributed by atoms with Crippen LogP contribution in [0.15, 0.2) is 48.7 Å². The maximum absolute atomic E-state index is 15.1. The minimum atomic E-state index is -0.749. The second-order valence-corrected chi connectivity index (χ2v) is 12.6. The Morgan fingerprint density at radius 2 is 1.83 bits per heavy atom. The number of carboxylic acids is 1. The lowest BCUT2D eigenvalue weighted by Crippen LogP contribution is -2.48. The molecule has 3 heterocycles. The number of fused-ring (bicyclic) bond motifs is 1. The third-order valence-corrected chi connectivity index (χ3v) is 9.47. The average molecular weight is 573 g/mol. The number of aryl methyl sites for hydroxylation is 2. The lowest BCUT2D eigenvalue weighted by atomic mass is 9.82. The average Bonchev–Trinajstić information content (AvgIpc) is 3.81. The summed E-state index contributed by atoms with van der Waals surface area (Å²) in [5, 5.41) is 9.76. The van der Waals surface area contributed by atoms with Crippen molar-refractivity contribution in [1.29, 1.82) is 0 Å². The van der Waals surface area contributed by atoms with Gasteiger partial charge >= 0.3 is 5.97 Å². The number of rotatable bonds is 8. The van der Waals surface area contributed by atoms with E-state index in [9.17, 15) is 9.90 Å². The number of ether oxygens (including phenoxy) is 2. The summed E-state index contributed by atoms with van der Waals surface area (Å²) < 4.78 is 27.5. The lowest BCUT2D eigenvalue weighted by molar-refractivity contribution is -0.142. The first-order valence-electron chi connectivity index (χ1n) is 15.3. The molecule has 2 fully saturated rings. The Hall–Kier alpha value is -3.29. The van der Waals surface area contributed by atoms with Crippen LogP contribution in [0.1, 0.15) is 80.0 Å². The first-order valence-corrected chi connectivity index (χ1v) is 15.3. The molecule has 2 aliphatic heterocycles. The van der Waals surface area contributed by atoms with Gasteiger partial charge in [-0.1, -0.05) is 37.3 Å². The number of aromatic nitrogens is 1. The van der Waals surface area contributed by atoms with Crippen molar-refractivity contribution in [1.82, 2.24) is 9.88 Å². The Bertz CT molecular complexity index is 1460. The summed E-state index contributed by atoms with van der Waals surface area (Å²) >= 11 is 0. The summed E-state index contributed by atoms with van der Waals surface area (Å²) in [4.78, 5) is 18.5. The standard InChI is InChI=1S/C35H41FN2O4/c1-20-13-30(31(36)16-37-20)29-11-9-26(14-28(29)17-38-21(2)18-41-19-22(38)3)32-12-10-24-5-8-27(15-33(24)42-32)34(25-6-7-25)23(4)35(39)40/h5,8-9,11,13-16,21-23,25,32,34H,6-7,10,12,17-19H2,1-4H3,(H,39,40)/t21-,22-,23+,32?,34+/m1/s1. The Balaban J connectivity index is 1.33. The third kappa shape index (κ3) is 5.82. The van der Waals surface area contributed by atoms with Gasteiger partial charge < -0.3 is 14.6 Å². The van der Waals surface area contributed by atoms with E-state index >= 15 is 4.39 Å². The van der Waals surface area contributed by atoms with E-state index < -0.39 is 11.9 Å². The van der Waals surface area contributed by atoms with E-state index in [4.69, 9.17) is 9.47 Å². The highest BCUT2D eigenvalue weighted by molar-refractivity contribution is 5.71. The molecule has 3 aliphatic rings. The van der Waals surface area contributed by atoms with E-state index in [0.717, 1.165) is 64.9 Å². The molecule has 1 saturated carbocycles. The van der Waals surface area contributed by atoms with Crippen molar-refractivity contribution < 1.29 is 23.8 Å². The maximum atomic E-state index is 15.1. The van der Waals surface area contributed by atoms with Crippen molar-refractivity contribution in [3.8, 4) is 16.9 Å². The number of halogens is 1. The Labute approximate surface area is 247 Å². The van der Waals surface area contributed by atoms with Gasteiger partial charge in [-0.2, -0.15) is 0 Å². The molecule has 0 bridgehead atoms. The van der Waals surface area contributed by atoms with Crippen molar-refractivity contribution in [3.63, 3.8) is 0 Å². The van der Waals surface area contributed by atoms with Gasteiger partial charge in [0.25, 0.3) is 0 Å². The zero-order valence-electron chi connectivity index (χ0n) is 25.0. The first-order chi connectivity index (χ1) is 20.2. The molecule has 7 heteroatoms. The summed E-state index contributed by atoms with van der Waals surface area (Å²) in [5.74, 6) is -0.240. The van der Waals surface area contributed by atoms with E-state index in [1.54, 1.807) is 0 Å². The van der Waals surface area contributed by atoms with Crippen LogP contribution in [0.3, 0.4) is 0 Å². The third-order valence-electron chi connectivity index (χ3n) is 9.47. The van der Waals surface area contributed by atoms with Crippen LogP contribution in [-0.2, 0) is 22.5 Å². The van der Waals surface area contributed by atoms with E-state index in [0.29, 0.717) is 31.2 Å². The molecule has 222 valence electrons. The zero-order valence-corrected chi connectivity index (χ0v) is 25.0. The summed E-state index contributed by atoms with van der Waals surface area (Å²) in [6, 6.07) is 14.9. The fraction of sp³-hybridized carbons (Fsp3) is 0.486. The molecule has 6 nitrogen and oxygen atoms in total. The van der Waals surface area contributed by atoms with Gasteiger partial charge in [-0.25, -0.2) is 4.39 Å². The van der Waals surface area contributed by atoms with Crippen LogP contribution in [0.25, 0.3) is 11.1 Å². The van der Waals surface area contributed by atoms with Crippen molar-refractivity contribution in [2.45, 2.75) is 84.0 Å². The van der Waals surface area contributed by atoms with Crippen LogP contribution in [0.5, 0.6) is 5.75 Å². The molecule has 1 aromatic heterocycles. The fourth-order valence-electron chi connectivity index (χ4n) is 6.91. The van der Waals surface area contributed by atoms with Crippen molar-refractivity contribution in [2.75, 3.05) is 13.2 Å². The van der Waals surface area contributed by atoms with Gasteiger partial charge in [0.1, 0.15) is 17.7 Å². The van der Waals surface area contributed by atoms with E-state index in [-0.39, 0.29) is 29.9 Å². The summed E-state index contributed by atoms with van der Waals surface area (Å²) in [5.41, 5.74) is 6.57. The highest BCUT2D eigenvalue weighted by atomic mass is 19.1. The van der Waals surface area contributed by atoms with Crippen LogP contribution in [0.4, 0.5) is 4.39 Å². The Kier molecular flexibility index (Phi) is 8.07. The molecule has 1 aliphatic carbocycles. The number of aliphatic carboxylic acids is 1. The molecule has 2 aromatic carbocycles. The van der Waals surface area contributed by atoms with E-state index in [1.807, 2.05) is 26.0 Å². The van der Waals surface area contributed by atoms with Crippen molar-refractivity contribution in [3.05, 3.63) is 82.4 Å². The largest absolute Gasteiger partial charge is 0.485 e. The van der Waals surface area contributed by atoms with E-state index in [2.05, 4.69) is 54.1 Å². The van der Waals surface area contributed by atoms with Gasteiger partial charge in [0, 0.05) is 29.9 Å². The molecule has 0 spiro atoms. The molecule has 0 radical (unpaired) electrons. The van der Waals surface area contributed by atoms with Crippen LogP contribution in [-0.4, -0.2) is 46.3 Å². The Morgan fingerprint density at radius 3 is 2.55 bits per heavy atom. The monoisotopic (exact) mass is 572 g/mol. The van der Waals surface area contributed by atoms with Gasteiger partial charge in [-0.05, 0) is 98.2 Å². The van der Waals surface area contributed by atoms with Crippen LogP contribution in [0.2, 0.25) is 0 Å². The number of carbonyl (C=O) groups is 1. The number of hydrogen-bond donors (Lipinski definition) is 1. The van der Waals surface area contributed by atoms with Gasteiger partial charge in [-0.3, -0.25) is 14.7 Å². The van der Waals surface area contributed by atoms with Gasteiger partial charge in [0.05, 0.1) is 25.3 Å². The Morgan fingerprint density at radius 1 is 1.07 bits per heavy atom. The number of benzene rings is 2.